The van der Waals surface area contributed by atoms with Gasteiger partial charge >= 0.3 is 0 Å². The number of hydrogen-bond donors (Lipinski definition) is 2. The summed E-state index contributed by atoms with van der Waals surface area (Å²) >= 11 is 0. The predicted octanol–water partition coefficient (Wildman–Crippen LogP) is 1.98. The van der Waals surface area contributed by atoms with Gasteiger partial charge in [0.15, 0.2) is 5.43 Å². The van der Waals surface area contributed by atoms with E-state index in [0.717, 1.165) is 33.4 Å². The zero-order valence-corrected chi connectivity index (χ0v) is 10.7. The lowest BCUT2D eigenvalue weighted by molar-refractivity contribution is 0.874. The Bertz CT molecular complexity index is 951. The Hall–Kier alpha value is -2.62. The zero-order chi connectivity index (χ0) is 13.7. The number of aromatic amines is 2. The quantitative estimate of drug-likeness (QED) is 0.652. The molecule has 0 saturated heterocycles. The Morgan fingerprint density at radius 3 is 2.65 bits per heavy atom. The van der Waals surface area contributed by atoms with E-state index >= 15 is 0 Å². The summed E-state index contributed by atoms with van der Waals surface area (Å²) in [7, 11) is 0. The molecule has 2 aromatic heterocycles. The van der Waals surface area contributed by atoms with Crippen molar-refractivity contribution in [2.75, 3.05) is 0 Å². The molecule has 3 aromatic rings. The summed E-state index contributed by atoms with van der Waals surface area (Å²) in [6.07, 6.45) is 1.35. The minimum Gasteiger partial charge on any atom is -0.354 e. The van der Waals surface area contributed by atoms with Crippen LogP contribution in [0.2, 0.25) is 0 Å². The van der Waals surface area contributed by atoms with E-state index in [1.54, 1.807) is 6.07 Å². The van der Waals surface area contributed by atoms with Crippen LogP contribution in [0.4, 0.5) is 0 Å². The number of rotatable bonds is 0. The van der Waals surface area contributed by atoms with Gasteiger partial charge in [0.05, 0.1) is 5.69 Å². The number of aromatic nitrogens is 2. The van der Waals surface area contributed by atoms with Gasteiger partial charge in [-0.15, -0.1) is 0 Å². The van der Waals surface area contributed by atoms with Gasteiger partial charge in [0.2, 0.25) is 5.56 Å². The summed E-state index contributed by atoms with van der Waals surface area (Å²) in [5.74, 6) is 0. The molecule has 98 valence electrons. The highest BCUT2D eigenvalue weighted by molar-refractivity contribution is 5.84. The van der Waals surface area contributed by atoms with Crippen LogP contribution >= 0.6 is 0 Å². The predicted molar refractivity (Wildman–Crippen MR) is 78.0 cm³/mol. The molecule has 20 heavy (non-hydrogen) atoms. The molecule has 0 fully saturated rings. The fourth-order valence-electron chi connectivity index (χ4n) is 2.94. The molecule has 4 heteroatoms. The van der Waals surface area contributed by atoms with Crippen molar-refractivity contribution in [2.45, 2.75) is 12.8 Å². The number of aryl methyl sites for hydroxylation is 1. The number of nitrogens with one attached hydrogen (secondary N) is 2. The van der Waals surface area contributed by atoms with E-state index in [2.05, 4.69) is 9.97 Å². The molecule has 0 amide bonds. The van der Waals surface area contributed by atoms with Gasteiger partial charge in [-0.25, -0.2) is 0 Å². The Morgan fingerprint density at radius 2 is 1.75 bits per heavy atom. The van der Waals surface area contributed by atoms with Gasteiger partial charge in [-0.2, -0.15) is 0 Å². The molecule has 0 unspecified atom stereocenters. The number of benzene rings is 1. The van der Waals surface area contributed by atoms with Crippen molar-refractivity contribution in [1.82, 2.24) is 9.97 Å². The Balaban J connectivity index is 2.13. The van der Waals surface area contributed by atoms with Crippen molar-refractivity contribution in [3.05, 3.63) is 68.2 Å². The third-order valence-corrected chi connectivity index (χ3v) is 3.90. The van der Waals surface area contributed by atoms with Gasteiger partial charge in [0.25, 0.3) is 0 Å². The molecule has 1 aromatic carbocycles. The first-order valence-electron chi connectivity index (χ1n) is 6.60. The summed E-state index contributed by atoms with van der Waals surface area (Å²) in [4.78, 5) is 30.2. The van der Waals surface area contributed by atoms with Gasteiger partial charge < -0.3 is 9.97 Å². The third kappa shape index (κ3) is 1.48. The fraction of sp³-hybridized carbons (Fsp3) is 0.125. The summed E-state index contributed by atoms with van der Waals surface area (Å²) in [5, 5.41) is 0.721. The van der Waals surface area contributed by atoms with Gasteiger partial charge in [-0.1, -0.05) is 12.1 Å². The summed E-state index contributed by atoms with van der Waals surface area (Å²) < 4.78 is 0. The van der Waals surface area contributed by atoms with Crippen LogP contribution in [0.25, 0.3) is 22.2 Å². The second-order valence-corrected chi connectivity index (χ2v) is 5.07. The lowest BCUT2D eigenvalue weighted by atomic mass is 9.91. The Kier molecular flexibility index (Phi) is 2.21. The first kappa shape index (κ1) is 11.2. The second-order valence-electron chi connectivity index (χ2n) is 5.07. The maximum atomic E-state index is 12.6. The van der Waals surface area contributed by atoms with E-state index in [4.69, 9.17) is 0 Å². The molecule has 1 aliphatic carbocycles. The topological polar surface area (TPSA) is 65.7 Å². The van der Waals surface area contributed by atoms with Crippen LogP contribution in [0.5, 0.6) is 0 Å². The molecule has 4 nitrogen and oxygen atoms in total. The monoisotopic (exact) mass is 264 g/mol. The third-order valence-electron chi connectivity index (χ3n) is 3.90. The molecule has 0 bridgehead atoms. The first-order valence-corrected chi connectivity index (χ1v) is 6.60. The number of fused-ring (bicyclic) bond motifs is 4. The minimum atomic E-state index is -0.102. The van der Waals surface area contributed by atoms with E-state index in [0.29, 0.717) is 12.8 Å². The van der Waals surface area contributed by atoms with E-state index < -0.39 is 0 Å². The minimum absolute atomic E-state index is 0.0891. The van der Waals surface area contributed by atoms with Crippen LogP contribution in [-0.4, -0.2) is 9.97 Å². The Labute approximate surface area is 114 Å². The Morgan fingerprint density at radius 1 is 0.900 bits per heavy atom. The van der Waals surface area contributed by atoms with Crippen LogP contribution in [0, 0.1) is 0 Å². The van der Waals surface area contributed by atoms with Gasteiger partial charge in [-0.05, 0) is 31.0 Å². The highest BCUT2D eigenvalue weighted by Gasteiger charge is 2.20. The molecule has 2 heterocycles. The smallest absolute Gasteiger partial charge is 0.248 e. The fourth-order valence-corrected chi connectivity index (χ4v) is 2.94. The number of pyridine rings is 2. The first-order chi connectivity index (χ1) is 9.74. The van der Waals surface area contributed by atoms with Crippen molar-refractivity contribution < 1.29 is 0 Å². The van der Waals surface area contributed by atoms with Gasteiger partial charge in [0.1, 0.15) is 0 Å². The van der Waals surface area contributed by atoms with Crippen molar-refractivity contribution in [2.24, 2.45) is 0 Å². The molecule has 0 saturated carbocycles. The van der Waals surface area contributed by atoms with Crippen LogP contribution in [0.15, 0.2) is 46.0 Å². The highest BCUT2D eigenvalue weighted by Crippen LogP contribution is 2.29. The van der Waals surface area contributed by atoms with Gasteiger partial charge in [0, 0.05) is 33.8 Å². The van der Waals surface area contributed by atoms with E-state index in [1.165, 1.54) is 6.07 Å². The van der Waals surface area contributed by atoms with E-state index in [-0.39, 0.29) is 11.0 Å². The molecule has 4 rings (SSSR count). The molecule has 1 aliphatic rings. The average molecular weight is 264 g/mol. The zero-order valence-electron chi connectivity index (χ0n) is 10.7. The van der Waals surface area contributed by atoms with E-state index in [9.17, 15) is 9.59 Å². The van der Waals surface area contributed by atoms with Crippen LogP contribution < -0.4 is 11.0 Å². The van der Waals surface area contributed by atoms with Gasteiger partial charge in [-0.3, -0.25) is 9.59 Å². The highest BCUT2D eigenvalue weighted by atomic mass is 16.1. The summed E-state index contributed by atoms with van der Waals surface area (Å²) in [5.41, 5.74) is 4.29. The molecule has 0 aliphatic heterocycles. The number of para-hydroxylation sites is 1. The van der Waals surface area contributed by atoms with Crippen molar-refractivity contribution in [3.8, 4) is 11.3 Å². The molecule has 0 atom stereocenters. The second kappa shape index (κ2) is 3.93. The maximum Gasteiger partial charge on any atom is 0.248 e. The lowest BCUT2D eigenvalue weighted by Crippen LogP contribution is -2.20. The number of hydrogen-bond acceptors (Lipinski definition) is 2. The van der Waals surface area contributed by atoms with Crippen molar-refractivity contribution >= 4 is 10.9 Å². The van der Waals surface area contributed by atoms with Crippen LogP contribution in [-0.2, 0) is 12.8 Å². The standard InChI is InChI=1S/C16H12N2O2/c19-14-8-6-9-13(17-14)7-5-11-15(9)18-12-4-2-1-3-10(12)16(11)20/h1-4,6,8H,5,7H2,(H,17,19)(H,18,20). The maximum absolute atomic E-state index is 12.6. The lowest BCUT2D eigenvalue weighted by Gasteiger charge is -2.19. The SMILES string of the molecule is O=c1ccc2c([nH]1)CCc1c-2[nH]c2ccccc2c1=O. The van der Waals surface area contributed by atoms with Crippen LogP contribution in [0.3, 0.4) is 0 Å². The molecule has 0 radical (unpaired) electrons. The largest absolute Gasteiger partial charge is 0.354 e. The molecule has 2 N–H and O–H groups in total. The molecular formula is C16H12N2O2. The normalized spacial score (nSPS) is 13.0. The molecule has 0 spiro atoms. The van der Waals surface area contributed by atoms with E-state index in [1.807, 2.05) is 24.3 Å². The van der Waals surface area contributed by atoms with Crippen molar-refractivity contribution in [1.29, 1.82) is 0 Å². The number of H-pyrrole nitrogens is 2. The summed E-state index contributed by atoms with van der Waals surface area (Å²) in [6, 6.07) is 10.8. The summed E-state index contributed by atoms with van der Waals surface area (Å²) in [6.45, 7) is 0. The molecular weight excluding hydrogens is 252 g/mol. The van der Waals surface area contributed by atoms with Crippen LogP contribution in [0.1, 0.15) is 11.3 Å². The van der Waals surface area contributed by atoms with Crippen molar-refractivity contribution in [3.63, 3.8) is 0 Å². The average Bonchev–Trinajstić information content (AvgIpc) is 2.47.